The van der Waals surface area contributed by atoms with Crippen molar-refractivity contribution < 1.29 is 9.90 Å². The molecule has 2 N–H and O–H groups in total. The summed E-state index contributed by atoms with van der Waals surface area (Å²) < 4.78 is 1.31. The fourth-order valence-corrected chi connectivity index (χ4v) is 4.60. The van der Waals surface area contributed by atoms with Crippen LogP contribution in [0.4, 0.5) is 5.82 Å². The van der Waals surface area contributed by atoms with Gasteiger partial charge in [-0.1, -0.05) is 18.2 Å². The molecule has 146 valence electrons. The molecule has 7 heteroatoms. The highest BCUT2D eigenvalue weighted by Crippen LogP contribution is 2.28. The summed E-state index contributed by atoms with van der Waals surface area (Å²) in [6, 6.07) is 15.9. The van der Waals surface area contributed by atoms with Gasteiger partial charge in [-0.2, -0.15) is 0 Å². The molecule has 0 aliphatic rings. The molecular weight excluding hydrogens is 402 g/mol. The lowest BCUT2D eigenvalue weighted by molar-refractivity contribution is 0.0693. The lowest BCUT2D eigenvalue weighted by atomic mass is 10.1. The minimum atomic E-state index is -0.924. The van der Waals surface area contributed by atoms with Gasteiger partial charge in [-0.05, 0) is 53.3 Å². The fourth-order valence-electron chi connectivity index (χ4n) is 3.13. The van der Waals surface area contributed by atoms with Crippen LogP contribution in [0.5, 0.6) is 0 Å². The van der Waals surface area contributed by atoms with E-state index in [2.05, 4.69) is 44.9 Å². The maximum Gasteiger partial charge on any atom is 0.336 e. The quantitative estimate of drug-likeness (QED) is 0.387. The zero-order valence-electron chi connectivity index (χ0n) is 15.8. The number of nitrogens with zero attached hydrogens (tertiary/aromatic N) is 2. The lowest BCUT2D eigenvalue weighted by Crippen LogP contribution is -2.06. The summed E-state index contributed by atoms with van der Waals surface area (Å²) in [5.41, 5.74) is 3.22. The minimum Gasteiger partial charge on any atom is -0.478 e. The van der Waals surface area contributed by atoms with Gasteiger partial charge in [0.15, 0.2) is 0 Å². The van der Waals surface area contributed by atoms with Crippen LogP contribution in [0, 0.1) is 0 Å². The molecule has 0 aliphatic heterocycles. The minimum absolute atomic E-state index is 0.302. The van der Waals surface area contributed by atoms with Gasteiger partial charge in [-0.25, -0.2) is 14.8 Å². The summed E-state index contributed by atoms with van der Waals surface area (Å²) >= 11 is 3.17. The van der Waals surface area contributed by atoms with E-state index in [1.807, 2.05) is 18.4 Å². The molecule has 0 aliphatic carbocycles. The van der Waals surface area contributed by atoms with Crippen molar-refractivity contribution in [3.63, 3.8) is 0 Å². The van der Waals surface area contributed by atoms with E-state index in [0.29, 0.717) is 10.5 Å². The van der Waals surface area contributed by atoms with E-state index >= 15 is 0 Å². The summed E-state index contributed by atoms with van der Waals surface area (Å²) in [4.78, 5) is 20.7. The number of carbonyl (C=O) groups is 1. The molecule has 2 aromatic heterocycles. The first-order valence-electron chi connectivity index (χ1n) is 9.08. The normalized spacial score (nSPS) is 10.9. The highest BCUT2D eigenvalue weighted by molar-refractivity contribution is 7.98. The Morgan fingerprint density at radius 1 is 1.14 bits per heavy atom. The molecule has 4 rings (SSSR count). The van der Waals surface area contributed by atoms with E-state index in [-0.39, 0.29) is 0 Å². The molecule has 5 nitrogen and oxygen atoms in total. The molecule has 0 amide bonds. The maximum atomic E-state index is 11.3. The molecule has 2 heterocycles. The summed E-state index contributed by atoms with van der Waals surface area (Å²) in [7, 11) is 0. The number of thiophene rings is 1. The monoisotopic (exact) mass is 421 g/mol. The Morgan fingerprint density at radius 2 is 2.03 bits per heavy atom. The highest BCUT2D eigenvalue weighted by Gasteiger charge is 2.11. The molecule has 0 saturated carbocycles. The predicted octanol–water partition coefficient (Wildman–Crippen LogP) is 5.43. The van der Waals surface area contributed by atoms with Gasteiger partial charge in [0.1, 0.15) is 12.1 Å². The average Bonchev–Trinajstić information content (AvgIpc) is 3.21. The van der Waals surface area contributed by atoms with Gasteiger partial charge in [-0.15, -0.1) is 23.1 Å². The van der Waals surface area contributed by atoms with E-state index in [9.17, 15) is 9.90 Å². The topological polar surface area (TPSA) is 75.1 Å². The maximum absolute atomic E-state index is 11.3. The first kappa shape index (κ1) is 19.4. The first-order chi connectivity index (χ1) is 14.1. The number of benzene rings is 2. The number of rotatable bonds is 7. The number of carboxylic acid groups (broad SMARTS) is 1. The van der Waals surface area contributed by atoms with Crippen LogP contribution in [0.25, 0.3) is 21.3 Å². The second-order valence-electron chi connectivity index (χ2n) is 6.48. The summed E-state index contributed by atoms with van der Waals surface area (Å²) in [6.45, 7) is 0.765. The average molecular weight is 422 g/mol. The Balaban J connectivity index is 1.46. The Labute approximate surface area is 176 Å². The second kappa shape index (κ2) is 8.63. The van der Waals surface area contributed by atoms with Crippen molar-refractivity contribution in [3.05, 3.63) is 71.4 Å². The molecule has 0 saturated heterocycles. The van der Waals surface area contributed by atoms with Gasteiger partial charge < -0.3 is 10.4 Å². The number of hydrogen-bond donors (Lipinski definition) is 2. The van der Waals surface area contributed by atoms with E-state index in [0.717, 1.165) is 30.0 Å². The number of aromatic nitrogens is 2. The van der Waals surface area contributed by atoms with Crippen molar-refractivity contribution in [2.45, 2.75) is 11.3 Å². The molecule has 0 atom stereocenters. The van der Waals surface area contributed by atoms with Gasteiger partial charge in [0.25, 0.3) is 0 Å². The fraction of sp³-hybridized carbons (Fsp3) is 0.136. The van der Waals surface area contributed by atoms with Crippen LogP contribution in [0.2, 0.25) is 0 Å². The largest absolute Gasteiger partial charge is 0.478 e. The Kier molecular flexibility index (Phi) is 5.78. The van der Waals surface area contributed by atoms with Crippen LogP contribution in [0.15, 0.2) is 65.1 Å². The molecule has 4 aromatic rings. The number of nitrogens with one attached hydrogen (secondary N) is 1. The van der Waals surface area contributed by atoms with E-state index < -0.39 is 5.97 Å². The Bertz CT molecular complexity index is 1170. The van der Waals surface area contributed by atoms with Crippen molar-refractivity contribution in [2.75, 3.05) is 18.1 Å². The Morgan fingerprint density at radius 3 is 2.86 bits per heavy atom. The third-order valence-electron chi connectivity index (χ3n) is 4.64. The summed E-state index contributed by atoms with van der Waals surface area (Å²) in [5.74, 6) is -0.174. The predicted molar refractivity (Wildman–Crippen MR) is 120 cm³/mol. The number of aromatic carboxylic acids is 1. The molecule has 2 aromatic carbocycles. The first-order valence-corrected chi connectivity index (χ1v) is 11.2. The molecule has 0 bridgehead atoms. The summed E-state index contributed by atoms with van der Waals surface area (Å²) in [6.07, 6.45) is 4.29. The van der Waals surface area contributed by atoms with Crippen molar-refractivity contribution in [3.8, 4) is 11.3 Å². The van der Waals surface area contributed by atoms with Crippen molar-refractivity contribution in [2.24, 2.45) is 0 Å². The van der Waals surface area contributed by atoms with Crippen LogP contribution in [0.1, 0.15) is 15.9 Å². The smallest absolute Gasteiger partial charge is 0.336 e. The van der Waals surface area contributed by atoms with Gasteiger partial charge in [0.05, 0.1) is 11.3 Å². The van der Waals surface area contributed by atoms with Crippen LogP contribution >= 0.6 is 23.1 Å². The van der Waals surface area contributed by atoms with Crippen molar-refractivity contribution in [1.29, 1.82) is 0 Å². The molecular formula is C22H19N3O2S2. The number of fused-ring (bicyclic) bond motifs is 1. The van der Waals surface area contributed by atoms with Gasteiger partial charge in [-0.3, -0.25) is 0 Å². The van der Waals surface area contributed by atoms with Crippen LogP contribution in [0.3, 0.4) is 0 Å². The molecule has 0 radical (unpaired) electrons. The molecule has 29 heavy (non-hydrogen) atoms. The van der Waals surface area contributed by atoms with Gasteiger partial charge in [0.2, 0.25) is 0 Å². The van der Waals surface area contributed by atoms with Crippen LogP contribution in [-0.2, 0) is 6.42 Å². The third kappa shape index (κ3) is 4.41. The van der Waals surface area contributed by atoms with E-state index in [4.69, 9.17) is 0 Å². The van der Waals surface area contributed by atoms with E-state index in [1.165, 1.54) is 33.7 Å². The van der Waals surface area contributed by atoms with Crippen molar-refractivity contribution >= 4 is 45.0 Å². The van der Waals surface area contributed by atoms with Crippen molar-refractivity contribution in [1.82, 2.24) is 9.97 Å². The zero-order chi connectivity index (χ0) is 20.2. The molecule has 0 fully saturated rings. The summed E-state index contributed by atoms with van der Waals surface area (Å²) in [5, 5.41) is 16.0. The van der Waals surface area contributed by atoms with Crippen LogP contribution < -0.4 is 5.32 Å². The van der Waals surface area contributed by atoms with Gasteiger partial charge in [0, 0.05) is 27.8 Å². The number of hydrogen-bond acceptors (Lipinski definition) is 6. The van der Waals surface area contributed by atoms with Crippen LogP contribution in [-0.4, -0.2) is 33.8 Å². The standard InChI is InChI=1S/C22H19N3O2S2/c1-28-20-11-16(4-5-17(20)22(26)27)18-12-21(25-13-24-18)23-8-6-14-2-3-15-7-9-29-19(15)10-14/h2-5,7,9-13H,6,8H2,1H3,(H,26,27)(H,23,24,25). The Hall–Kier alpha value is -2.90. The second-order valence-corrected chi connectivity index (χ2v) is 8.27. The molecule has 0 unspecified atom stereocenters. The number of carboxylic acids is 1. The molecule has 0 spiro atoms. The lowest BCUT2D eigenvalue weighted by Gasteiger charge is -2.09. The zero-order valence-corrected chi connectivity index (χ0v) is 17.4. The highest BCUT2D eigenvalue weighted by atomic mass is 32.2. The third-order valence-corrected chi connectivity index (χ3v) is 6.29. The van der Waals surface area contributed by atoms with E-state index in [1.54, 1.807) is 23.5 Å². The van der Waals surface area contributed by atoms with Gasteiger partial charge >= 0.3 is 5.97 Å². The number of anilines is 1. The number of thioether (sulfide) groups is 1. The SMILES string of the molecule is CSc1cc(-c2cc(NCCc3ccc4ccsc4c3)ncn2)ccc1C(=O)O.